The van der Waals surface area contributed by atoms with Crippen LogP contribution < -0.4 is 20.9 Å². The Kier molecular flexibility index (Phi) is 18.5. The first-order valence-electron chi connectivity index (χ1n) is 26.1. The van der Waals surface area contributed by atoms with E-state index in [2.05, 4.69) is 122 Å². The Labute approximate surface area is 433 Å². The van der Waals surface area contributed by atoms with Gasteiger partial charge in [0.1, 0.15) is 5.60 Å². The van der Waals surface area contributed by atoms with Crippen molar-refractivity contribution >= 4 is 52.3 Å². The topological polar surface area (TPSA) is 102 Å². The lowest BCUT2D eigenvalue weighted by Crippen LogP contribution is -2.49. The summed E-state index contributed by atoms with van der Waals surface area (Å²) in [7, 11) is 0. The second-order valence-corrected chi connectivity index (χ2v) is 23.2. The number of anilines is 2. The van der Waals surface area contributed by atoms with Gasteiger partial charge in [-0.15, -0.1) is 11.8 Å². The molecule has 382 valence electrons. The molecule has 0 aromatic heterocycles. The van der Waals surface area contributed by atoms with Crippen molar-refractivity contribution in [1.29, 1.82) is 0 Å². The van der Waals surface area contributed by atoms with Gasteiger partial charge in [-0.05, 0) is 148 Å². The molecule has 1 unspecified atom stereocenters. The highest BCUT2D eigenvalue weighted by molar-refractivity contribution is 7.99. The van der Waals surface area contributed by atoms with Crippen molar-refractivity contribution in [2.45, 2.75) is 102 Å². The molecule has 3 saturated heterocycles. The number of nitrogens with one attached hydrogen (secondary N) is 3. The molecule has 3 heterocycles. The molecular weight excluding hydrogens is 926 g/mol. The lowest BCUT2D eigenvalue weighted by molar-refractivity contribution is 0.0370. The summed E-state index contributed by atoms with van der Waals surface area (Å²) in [5.41, 5.74) is 9.22. The third-order valence-corrected chi connectivity index (χ3v) is 16.1. The summed E-state index contributed by atoms with van der Waals surface area (Å²) in [6.45, 7) is 23.3. The number of hydrogen-bond donors (Lipinski definition) is 3. The monoisotopic (exact) mass is 1000 g/mol. The predicted octanol–water partition coefficient (Wildman–Crippen LogP) is 10.6. The first kappa shape index (κ1) is 52.8. The molecule has 1 aliphatic carbocycles. The van der Waals surface area contributed by atoms with Crippen molar-refractivity contribution in [2.24, 2.45) is 5.41 Å². The van der Waals surface area contributed by atoms with Crippen molar-refractivity contribution in [3.8, 4) is 0 Å². The van der Waals surface area contributed by atoms with Crippen LogP contribution in [-0.4, -0.2) is 135 Å². The lowest BCUT2D eigenvalue weighted by Gasteiger charge is -2.44. The fourth-order valence-corrected chi connectivity index (χ4v) is 11.8. The molecule has 3 fully saturated rings. The van der Waals surface area contributed by atoms with Gasteiger partial charge in [-0.3, -0.25) is 14.6 Å². The number of nitrogens with zero attached hydrogens (tertiary/aromatic N) is 4. The fourth-order valence-electron chi connectivity index (χ4n) is 10.7. The molecule has 8 rings (SSSR count). The maximum Gasteiger partial charge on any atom is 0.407 e. The Morgan fingerprint density at radius 1 is 0.859 bits per heavy atom. The number of halogens is 1. The number of thioether (sulfide) groups is 1. The van der Waals surface area contributed by atoms with E-state index in [1.807, 2.05) is 56.8 Å². The van der Waals surface area contributed by atoms with Crippen LogP contribution in [0, 0.1) is 12.3 Å². The number of morpholine rings is 1. The minimum atomic E-state index is -0.496. The summed E-state index contributed by atoms with van der Waals surface area (Å²) in [6, 6.07) is 34.2. The van der Waals surface area contributed by atoms with Crippen LogP contribution in [0.25, 0.3) is 5.57 Å². The number of carbonyl (C=O) groups is 2. The zero-order chi connectivity index (χ0) is 49.8. The number of hydrogen-bond acceptors (Lipinski definition) is 10. The van der Waals surface area contributed by atoms with Crippen LogP contribution in [0.2, 0.25) is 5.02 Å². The van der Waals surface area contributed by atoms with Crippen LogP contribution in [0.1, 0.15) is 93.3 Å². The van der Waals surface area contributed by atoms with Gasteiger partial charge in [-0.2, -0.15) is 0 Å². The van der Waals surface area contributed by atoms with E-state index in [1.54, 1.807) is 5.57 Å². The molecule has 3 N–H and O–H groups in total. The molecule has 71 heavy (non-hydrogen) atoms. The second-order valence-electron chi connectivity index (χ2n) is 21.6. The van der Waals surface area contributed by atoms with Crippen molar-refractivity contribution in [3.63, 3.8) is 0 Å². The number of alkyl carbamates (subject to hydrolysis) is 1. The molecule has 0 saturated carbocycles. The minimum absolute atomic E-state index is 0.0636. The molecule has 0 bridgehead atoms. The smallest absolute Gasteiger partial charge is 0.407 e. The van der Waals surface area contributed by atoms with Gasteiger partial charge in [-0.1, -0.05) is 66.6 Å². The Morgan fingerprint density at radius 2 is 1.58 bits per heavy atom. The molecular formula is C58H78ClN7O4S. The fraction of sp³-hybridized carbons (Fsp3) is 0.517. The van der Waals surface area contributed by atoms with Gasteiger partial charge in [0.05, 0.1) is 13.2 Å². The molecule has 3 aliphatic heterocycles. The Bertz CT molecular complexity index is 2370. The first-order valence-corrected chi connectivity index (χ1v) is 27.5. The summed E-state index contributed by atoms with van der Waals surface area (Å²) in [5.74, 6) is 0.916. The summed E-state index contributed by atoms with van der Waals surface area (Å²) in [6.07, 6.45) is 5.88. The number of carbonyl (C=O) groups excluding carboxylic acids is 2. The van der Waals surface area contributed by atoms with Crippen LogP contribution in [-0.2, 0) is 16.0 Å². The molecule has 4 aliphatic rings. The van der Waals surface area contributed by atoms with E-state index in [1.165, 1.54) is 21.6 Å². The quantitative estimate of drug-likeness (QED) is 0.0836. The van der Waals surface area contributed by atoms with E-state index in [0.29, 0.717) is 18.2 Å². The zero-order valence-electron chi connectivity index (χ0n) is 42.9. The molecule has 0 radical (unpaired) electrons. The number of amides is 2. The van der Waals surface area contributed by atoms with Gasteiger partial charge in [0, 0.05) is 123 Å². The lowest BCUT2D eigenvalue weighted by atomic mass is 9.71. The summed E-state index contributed by atoms with van der Waals surface area (Å²) in [5, 5.41) is 10.9. The van der Waals surface area contributed by atoms with E-state index in [-0.39, 0.29) is 23.5 Å². The van der Waals surface area contributed by atoms with Crippen molar-refractivity contribution in [1.82, 2.24) is 25.3 Å². The zero-order valence-corrected chi connectivity index (χ0v) is 44.5. The van der Waals surface area contributed by atoms with Crippen LogP contribution in [0.5, 0.6) is 0 Å². The first-order chi connectivity index (χ1) is 34.2. The number of likely N-dealkylation sites (tertiary alicyclic amines) is 1. The van der Waals surface area contributed by atoms with Crippen LogP contribution in [0.4, 0.5) is 16.2 Å². The number of piperidine rings is 1. The largest absolute Gasteiger partial charge is 0.444 e. The van der Waals surface area contributed by atoms with Gasteiger partial charge >= 0.3 is 6.09 Å². The molecule has 2 amide bonds. The van der Waals surface area contributed by atoms with E-state index in [9.17, 15) is 9.59 Å². The molecule has 0 spiro atoms. The third kappa shape index (κ3) is 16.0. The summed E-state index contributed by atoms with van der Waals surface area (Å²) in [4.78, 5) is 37.4. The van der Waals surface area contributed by atoms with E-state index in [0.717, 1.165) is 151 Å². The predicted molar refractivity (Wildman–Crippen MR) is 293 cm³/mol. The van der Waals surface area contributed by atoms with E-state index >= 15 is 0 Å². The number of benzene rings is 4. The van der Waals surface area contributed by atoms with Gasteiger partial charge in [0.25, 0.3) is 5.91 Å². The molecule has 11 nitrogen and oxygen atoms in total. The highest BCUT2D eigenvalue weighted by Crippen LogP contribution is 2.44. The summed E-state index contributed by atoms with van der Waals surface area (Å²) >= 11 is 8.26. The highest BCUT2D eigenvalue weighted by atomic mass is 35.5. The Morgan fingerprint density at radius 3 is 2.27 bits per heavy atom. The maximum absolute atomic E-state index is 13.4. The molecule has 4 aromatic carbocycles. The standard InChI is InChI=1S/C58H78ClN7O4S/c1-43-37-44(11-20-54(43)61-50(24-26-63-33-35-69-36-34-63)41-71-52-9-7-6-8-10-52)39-60-55(67)46-14-18-51(19-15-46)66-31-29-64(30-32-66)40-47-38-58(5,25-21-53(47)45-12-16-48(59)17-13-45)42-65-27-22-49(23-28-65)62-56(68)70-57(2,3)4/h6-20,37,49-50,61H,21-36,38-42H2,1-5H3,(H,60,67)(H,62,68)/t50-,58?/m1/s1. The SMILES string of the molecule is Cc1cc(CNC(=O)c2ccc(N3CCN(CC4=C(c5ccc(Cl)cc5)CCC(C)(CN5CCC(NC(=O)OC(C)(C)C)CC5)C4)CC3)cc2)ccc1N[C@H](CCN1CCOCC1)CSc1ccccc1. The normalized spacial score (nSPS) is 20.4. The number of allylic oxidation sites excluding steroid dienone is 1. The number of piperazine rings is 1. The van der Waals surface area contributed by atoms with Gasteiger partial charge in [0.15, 0.2) is 0 Å². The highest BCUT2D eigenvalue weighted by Gasteiger charge is 2.36. The van der Waals surface area contributed by atoms with Crippen molar-refractivity contribution < 1.29 is 19.1 Å². The molecule has 4 aromatic rings. The van der Waals surface area contributed by atoms with Crippen LogP contribution >= 0.6 is 23.4 Å². The second kappa shape index (κ2) is 24.9. The number of aryl methyl sites for hydroxylation is 1. The van der Waals surface area contributed by atoms with E-state index in [4.69, 9.17) is 21.1 Å². The number of ether oxygens (including phenoxy) is 2. The van der Waals surface area contributed by atoms with Gasteiger partial charge < -0.3 is 35.2 Å². The van der Waals surface area contributed by atoms with E-state index < -0.39 is 5.60 Å². The Balaban J connectivity index is 0.811. The molecule has 13 heteroatoms. The van der Waals surface area contributed by atoms with Gasteiger partial charge in [-0.25, -0.2) is 4.79 Å². The average Bonchev–Trinajstić information content (AvgIpc) is 3.36. The van der Waals surface area contributed by atoms with Crippen molar-refractivity contribution in [3.05, 3.63) is 130 Å². The molecule has 2 atom stereocenters. The maximum atomic E-state index is 13.4. The third-order valence-electron chi connectivity index (χ3n) is 14.6. The van der Waals surface area contributed by atoms with Crippen molar-refractivity contribution in [2.75, 3.05) is 101 Å². The summed E-state index contributed by atoms with van der Waals surface area (Å²) < 4.78 is 11.1. The van der Waals surface area contributed by atoms with Crippen LogP contribution in [0.3, 0.4) is 0 Å². The average molecular weight is 1000 g/mol. The Hall–Kier alpha value is -4.56. The number of rotatable bonds is 18. The van der Waals surface area contributed by atoms with Gasteiger partial charge in [0.2, 0.25) is 0 Å². The van der Waals surface area contributed by atoms with Crippen LogP contribution in [0.15, 0.2) is 108 Å². The minimum Gasteiger partial charge on any atom is -0.444 e.